The number of hydrogen-bond acceptors (Lipinski definition) is 4. The highest BCUT2D eigenvalue weighted by Crippen LogP contribution is 2.34. The molecule has 1 amide bonds. The molecule has 8 nitrogen and oxygen atoms in total. The van der Waals surface area contributed by atoms with Crippen LogP contribution in [0.25, 0.3) is 10.9 Å². The highest BCUT2D eigenvalue weighted by atomic mass is 16.6. The number of carboxylic acids is 1. The van der Waals surface area contributed by atoms with Crippen LogP contribution in [0.5, 0.6) is 0 Å². The van der Waals surface area contributed by atoms with E-state index in [1.165, 1.54) is 12.1 Å². The van der Waals surface area contributed by atoms with Gasteiger partial charge in [-0.05, 0) is 43.2 Å². The molecular weight excluding hydrogens is 350 g/mol. The quantitative estimate of drug-likeness (QED) is 0.530. The van der Waals surface area contributed by atoms with Crippen molar-refractivity contribution in [2.45, 2.75) is 51.0 Å². The maximum Gasteiger partial charge on any atom is 0.329 e. The number of carbonyl (C=O) groups excluding carboxylic acids is 1. The molecule has 1 aromatic heterocycles. The van der Waals surface area contributed by atoms with Crippen molar-refractivity contribution >= 4 is 28.5 Å². The molecule has 1 saturated carbocycles. The third-order valence-corrected chi connectivity index (χ3v) is 5.64. The Hall–Kier alpha value is -2.90. The van der Waals surface area contributed by atoms with Gasteiger partial charge in [0.05, 0.1) is 11.3 Å². The Balaban J connectivity index is 1.77. The zero-order chi connectivity index (χ0) is 19.6. The van der Waals surface area contributed by atoms with Gasteiger partial charge in [-0.1, -0.05) is 13.3 Å². The second-order valence-corrected chi connectivity index (χ2v) is 7.26. The van der Waals surface area contributed by atoms with E-state index in [0.717, 1.165) is 19.3 Å². The third-order valence-electron chi connectivity index (χ3n) is 5.64. The summed E-state index contributed by atoms with van der Waals surface area (Å²) in [5, 5.41) is 24.0. The predicted molar refractivity (Wildman–Crippen MR) is 99.4 cm³/mol. The first-order chi connectivity index (χ1) is 12.8. The van der Waals surface area contributed by atoms with E-state index in [1.807, 2.05) is 0 Å². The number of nitro benzene ring substituents is 1. The Bertz CT molecular complexity index is 881. The summed E-state index contributed by atoms with van der Waals surface area (Å²) in [4.78, 5) is 37.9. The molecule has 0 atom stereocenters. The van der Waals surface area contributed by atoms with Gasteiger partial charge in [-0.25, -0.2) is 4.79 Å². The lowest BCUT2D eigenvalue weighted by atomic mass is 9.75. The van der Waals surface area contributed by atoms with Gasteiger partial charge in [0.25, 0.3) is 5.69 Å². The minimum absolute atomic E-state index is 0.0343. The summed E-state index contributed by atoms with van der Waals surface area (Å²) in [5.41, 5.74) is 0.0263. The minimum atomic E-state index is -1.22. The highest BCUT2D eigenvalue weighted by Gasteiger charge is 2.42. The zero-order valence-electron chi connectivity index (χ0n) is 15.2. The molecule has 3 rings (SSSR count). The van der Waals surface area contributed by atoms with Crippen LogP contribution in [0.2, 0.25) is 0 Å². The average Bonchev–Trinajstić information content (AvgIpc) is 3.04. The lowest BCUT2D eigenvalue weighted by Gasteiger charge is -2.37. The van der Waals surface area contributed by atoms with Gasteiger partial charge < -0.3 is 15.4 Å². The number of amides is 1. The maximum absolute atomic E-state index is 12.6. The van der Waals surface area contributed by atoms with E-state index >= 15 is 0 Å². The Labute approximate surface area is 156 Å². The van der Waals surface area contributed by atoms with E-state index in [4.69, 9.17) is 0 Å². The van der Waals surface area contributed by atoms with Crippen LogP contribution in [0, 0.1) is 16.0 Å². The van der Waals surface area contributed by atoms with Crippen LogP contribution in [0.3, 0.4) is 0 Å². The number of benzene rings is 1. The number of aromatic nitrogens is 1. The van der Waals surface area contributed by atoms with Crippen LogP contribution < -0.4 is 5.32 Å². The largest absolute Gasteiger partial charge is 0.480 e. The number of nitro groups is 1. The smallest absolute Gasteiger partial charge is 0.329 e. The highest BCUT2D eigenvalue weighted by molar-refractivity contribution is 5.92. The fourth-order valence-corrected chi connectivity index (χ4v) is 3.88. The fraction of sp³-hybridized carbons (Fsp3) is 0.474. The van der Waals surface area contributed by atoms with E-state index in [1.54, 1.807) is 12.3 Å². The number of nitrogens with zero attached hydrogens (tertiary/aromatic N) is 1. The van der Waals surface area contributed by atoms with Crippen LogP contribution in [0.4, 0.5) is 5.69 Å². The number of fused-ring (bicyclic) bond motifs is 1. The molecule has 8 heteroatoms. The number of non-ortho nitro benzene ring substituents is 1. The number of hydrogen-bond donors (Lipinski definition) is 3. The lowest BCUT2D eigenvalue weighted by Crippen LogP contribution is -2.56. The summed E-state index contributed by atoms with van der Waals surface area (Å²) >= 11 is 0. The maximum atomic E-state index is 12.6. The summed E-state index contributed by atoms with van der Waals surface area (Å²) in [6.07, 6.45) is 5.02. The molecule has 0 saturated heterocycles. The average molecular weight is 373 g/mol. The molecular formula is C19H23N3O5. The molecule has 0 spiro atoms. The number of aliphatic carboxylic acids is 1. The normalized spacial score (nSPS) is 22.5. The molecule has 2 aromatic rings. The first kappa shape index (κ1) is 18.9. The van der Waals surface area contributed by atoms with Gasteiger partial charge >= 0.3 is 5.97 Å². The van der Waals surface area contributed by atoms with Gasteiger partial charge in [0.2, 0.25) is 5.91 Å². The summed E-state index contributed by atoms with van der Waals surface area (Å²) in [6.45, 7) is 2.09. The van der Waals surface area contributed by atoms with Gasteiger partial charge in [-0.2, -0.15) is 0 Å². The molecule has 1 aliphatic carbocycles. The van der Waals surface area contributed by atoms with E-state index < -0.39 is 16.4 Å². The topological polar surface area (TPSA) is 125 Å². The van der Waals surface area contributed by atoms with Crippen molar-refractivity contribution in [2.24, 2.45) is 5.92 Å². The van der Waals surface area contributed by atoms with Crippen LogP contribution in [0.15, 0.2) is 24.4 Å². The van der Waals surface area contributed by atoms with Crippen LogP contribution in [0.1, 0.15) is 44.6 Å². The Morgan fingerprint density at radius 3 is 2.67 bits per heavy atom. The number of carboxylic acid groups (broad SMARTS) is 1. The minimum Gasteiger partial charge on any atom is -0.480 e. The molecule has 0 unspecified atom stereocenters. The summed E-state index contributed by atoms with van der Waals surface area (Å²) in [5.74, 6) is -0.886. The van der Waals surface area contributed by atoms with Gasteiger partial charge in [0, 0.05) is 29.2 Å². The van der Waals surface area contributed by atoms with Gasteiger partial charge in [-0.15, -0.1) is 0 Å². The standard InChI is InChI=1S/C19H23N3O5/c1-2-12-5-7-19(8-6-12,18(24)25)21-17(23)9-13-11-20-16-4-3-14(22(26)27)10-15(13)16/h3-4,10-12,20H,2,5-9H2,1H3,(H,21,23)(H,24,25). The molecule has 1 aliphatic rings. The monoisotopic (exact) mass is 373 g/mol. The van der Waals surface area contributed by atoms with E-state index in [0.29, 0.717) is 35.2 Å². The van der Waals surface area contributed by atoms with Crippen LogP contribution in [-0.4, -0.2) is 32.4 Å². The van der Waals surface area contributed by atoms with Crippen molar-refractivity contribution < 1.29 is 19.6 Å². The van der Waals surface area contributed by atoms with Crippen LogP contribution >= 0.6 is 0 Å². The number of aromatic amines is 1. The summed E-state index contributed by atoms with van der Waals surface area (Å²) in [7, 11) is 0. The van der Waals surface area contributed by atoms with E-state index in [-0.39, 0.29) is 18.0 Å². The van der Waals surface area contributed by atoms with Crippen molar-refractivity contribution in [3.63, 3.8) is 0 Å². The van der Waals surface area contributed by atoms with Crippen molar-refractivity contribution in [1.82, 2.24) is 10.3 Å². The van der Waals surface area contributed by atoms with Crippen LogP contribution in [-0.2, 0) is 16.0 Å². The van der Waals surface area contributed by atoms with Gasteiger partial charge in [-0.3, -0.25) is 14.9 Å². The SMILES string of the molecule is CCC1CCC(NC(=O)Cc2c[nH]c3ccc([N+](=O)[O-])cc23)(C(=O)O)CC1. The lowest BCUT2D eigenvalue weighted by molar-refractivity contribution is -0.384. The Morgan fingerprint density at radius 2 is 2.07 bits per heavy atom. The Kier molecular flexibility index (Phi) is 5.16. The molecule has 0 bridgehead atoms. The zero-order valence-corrected chi connectivity index (χ0v) is 15.2. The predicted octanol–water partition coefficient (Wildman–Crippen LogP) is 3.16. The first-order valence-electron chi connectivity index (χ1n) is 9.13. The molecule has 0 radical (unpaired) electrons. The molecule has 3 N–H and O–H groups in total. The van der Waals surface area contributed by atoms with Crippen molar-refractivity contribution in [3.05, 3.63) is 40.1 Å². The number of carbonyl (C=O) groups is 2. The van der Waals surface area contributed by atoms with E-state index in [9.17, 15) is 24.8 Å². The summed E-state index contributed by atoms with van der Waals surface area (Å²) < 4.78 is 0. The first-order valence-corrected chi connectivity index (χ1v) is 9.13. The third kappa shape index (κ3) is 3.79. The number of nitrogens with one attached hydrogen (secondary N) is 2. The van der Waals surface area contributed by atoms with E-state index in [2.05, 4.69) is 17.2 Å². The molecule has 1 heterocycles. The van der Waals surface area contributed by atoms with Gasteiger partial charge in [0.1, 0.15) is 5.54 Å². The van der Waals surface area contributed by atoms with Gasteiger partial charge in [0.15, 0.2) is 0 Å². The van der Waals surface area contributed by atoms with Crippen molar-refractivity contribution in [1.29, 1.82) is 0 Å². The second kappa shape index (κ2) is 7.38. The molecule has 1 fully saturated rings. The number of rotatable bonds is 6. The molecule has 0 aliphatic heterocycles. The second-order valence-electron chi connectivity index (χ2n) is 7.26. The van der Waals surface area contributed by atoms with Crippen molar-refractivity contribution in [3.8, 4) is 0 Å². The molecule has 1 aromatic carbocycles. The Morgan fingerprint density at radius 1 is 1.37 bits per heavy atom. The molecule has 27 heavy (non-hydrogen) atoms. The molecule has 144 valence electrons. The summed E-state index contributed by atoms with van der Waals surface area (Å²) in [6, 6.07) is 4.42. The fourth-order valence-electron chi connectivity index (χ4n) is 3.88. The number of H-pyrrole nitrogens is 1. The van der Waals surface area contributed by atoms with Crippen molar-refractivity contribution in [2.75, 3.05) is 0 Å².